The summed E-state index contributed by atoms with van der Waals surface area (Å²) in [4.78, 5) is 81.5. The molecule has 6 rings (SSSR count). The van der Waals surface area contributed by atoms with E-state index in [0.29, 0.717) is 11.1 Å². The molecule has 0 radical (unpaired) electrons. The molecule has 0 bridgehead atoms. The first-order chi connectivity index (χ1) is 24.3. The van der Waals surface area contributed by atoms with Gasteiger partial charge in [-0.1, -0.05) is 83.3 Å². The van der Waals surface area contributed by atoms with Crippen molar-refractivity contribution in [2.45, 2.75) is 81.0 Å². The molecule has 2 aromatic carbocycles. The predicted molar refractivity (Wildman–Crippen MR) is 197 cm³/mol. The van der Waals surface area contributed by atoms with Crippen LogP contribution in [0.15, 0.2) is 60.7 Å². The van der Waals surface area contributed by atoms with E-state index >= 15 is 0 Å². The molecule has 19 heteroatoms. The molecule has 2 N–H and O–H groups in total. The highest BCUT2D eigenvalue weighted by atomic mass is 127. The molecule has 4 amide bonds. The molecular weight excluding hydrogens is 899 g/mol. The van der Waals surface area contributed by atoms with Gasteiger partial charge in [0.1, 0.15) is 32.7 Å². The number of fused-ring (bicyclic) bond motifs is 2. The minimum Gasteiger partial charge on any atom is -0.445 e. The first-order valence-electron chi connectivity index (χ1n) is 15.9. The molecule has 0 aromatic heterocycles. The van der Waals surface area contributed by atoms with Gasteiger partial charge in [-0.2, -0.15) is 0 Å². The number of thioether (sulfide) groups is 1. The van der Waals surface area contributed by atoms with Gasteiger partial charge < -0.3 is 34.6 Å². The molecular formula is C33H34BrIN4O11S2. The highest BCUT2D eigenvalue weighted by Crippen LogP contribution is 2.54. The monoisotopic (exact) mass is 932 g/mol. The first kappa shape index (κ1) is 38.3. The van der Waals surface area contributed by atoms with Crippen LogP contribution in [-0.2, 0) is 54.6 Å². The Bertz CT molecular complexity index is 1940. The highest BCUT2D eigenvalue weighted by Gasteiger charge is 2.79. The van der Waals surface area contributed by atoms with E-state index in [-0.39, 0.29) is 21.8 Å². The lowest BCUT2D eigenvalue weighted by atomic mass is 9.95. The van der Waals surface area contributed by atoms with Gasteiger partial charge in [0, 0.05) is 4.75 Å². The predicted octanol–water partition coefficient (Wildman–Crippen LogP) is 2.52. The van der Waals surface area contributed by atoms with Crippen molar-refractivity contribution < 1.29 is 51.4 Å². The summed E-state index contributed by atoms with van der Waals surface area (Å²) in [6, 6.07) is 12.9. The number of carbonyl (C=O) groups is 6. The van der Waals surface area contributed by atoms with Gasteiger partial charge in [-0.3, -0.25) is 14.4 Å². The molecule has 0 saturated carbocycles. The second-order valence-electron chi connectivity index (χ2n) is 13.6. The van der Waals surface area contributed by atoms with E-state index in [2.05, 4.69) is 26.6 Å². The van der Waals surface area contributed by atoms with Crippen molar-refractivity contribution in [1.29, 1.82) is 0 Å². The van der Waals surface area contributed by atoms with Crippen molar-refractivity contribution in [2.75, 3.05) is 6.79 Å². The number of nitrogens with one attached hydrogen (secondary N) is 2. The summed E-state index contributed by atoms with van der Waals surface area (Å²) in [5.41, 5.74) is 1.01. The van der Waals surface area contributed by atoms with Crippen LogP contribution in [0.3, 0.4) is 0 Å². The third-order valence-corrected chi connectivity index (χ3v) is 16.9. The molecule has 4 aliphatic rings. The number of benzene rings is 2. The number of hydrogen-bond acceptors (Lipinski definition) is 12. The largest absolute Gasteiger partial charge is 0.445 e. The van der Waals surface area contributed by atoms with Crippen LogP contribution in [0.5, 0.6) is 0 Å². The number of hydrogen-bond donors (Lipinski definition) is 2. The number of nitrogens with zero attached hydrogens (tertiary/aromatic N) is 2. The lowest BCUT2D eigenvalue weighted by Gasteiger charge is -2.49. The Morgan fingerprint density at radius 1 is 0.904 bits per heavy atom. The number of sulfone groups is 1. The summed E-state index contributed by atoms with van der Waals surface area (Å²) in [6.45, 7) is 5.10. The summed E-state index contributed by atoms with van der Waals surface area (Å²) >= 11 is 6.64. The maximum atomic E-state index is 13.9. The van der Waals surface area contributed by atoms with E-state index < -0.39 is 83.9 Å². The van der Waals surface area contributed by atoms with Crippen molar-refractivity contribution in [1.82, 2.24) is 20.4 Å². The number of esters is 2. The van der Waals surface area contributed by atoms with Gasteiger partial charge in [-0.25, -0.2) is 22.8 Å². The Morgan fingerprint density at radius 2 is 1.48 bits per heavy atom. The van der Waals surface area contributed by atoms with Crippen LogP contribution < -0.4 is 10.6 Å². The van der Waals surface area contributed by atoms with Crippen molar-refractivity contribution in [3.8, 4) is 0 Å². The summed E-state index contributed by atoms with van der Waals surface area (Å²) in [5, 5.41) is 2.97. The Hall–Kier alpha value is -3.43. The van der Waals surface area contributed by atoms with Gasteiger partial charge in [0.15, 0.2) is 21.3 Å². The number of halogens is 2. The number of alkyl carbamates (subject to hydrolysis) is 1. The molecule has 4 aliphatic heterocycles. The second kappa shape index (κ2) is 13.8. The van der Waals surface area contributed by atoms with E-state index in [4.69, 9.17) is 14.2 Å². The van der Waals surface area contributed by atoms with Crippen molar-refractivity contribution >= 4 is 95.9 Å². The number of ether oxygens (including phenoxy) is 3. The normalized spacial score (nSPS) is 29.4. The Kier molecular flexibility index (Phi) is 10.1. The summed E-state index contributed by atoms with van der Waals surface area (Å²) in [7, 11) is -4.41. The second-order valence-corrected chi connectivity index (χ2v) is 20.5. The maximum absolute atomic E-state index is 13.9. The average molecular weight is 934 g/mol. The third kappa shape index (κ3) is 6.23. The van der Waals surface area contributed by atoms with Crippen molar-refractivity contribution in [2.24, 2.45) is 0 Å². The van der Waals surface area contributed by atoms with Crippen LogP contribution >= 0.6 is 50.3 Å². The minimum atomic E-state index is -4.41. The fourth-order valence-corrected chi connectivity index (χ4v) is 13.0. The Balaban J connectivity index is 1.14. The number of alkyl halides is 2. The standard InChI is InChI=1S/C33H34BrIN4O11S2/c1-31(2)21(38-24(41)19(35)25(38)51-31)26(42)49-16-50-27(43)22-32(3,4)52(46,47)29-33(34,28(44)39(22)29)37-23(40)20(18-13-9-6-10-14-18)36-30(45)48-15-17-11-7-5-8-12-17/h5-14,19-22,25,29H,15-16H2,1-4H3,(H,36,45)(H,37,40)/t19-,20?,21+,22+,25-,29-,33?/m1/s1. The van der Waals surface area contributed by atoms with E-state index in [1.54, 1.807) is 74.5 Å². The number of β-lactam (4-membered cyclic amide) rings is 2. The zero-order chi connectivity index (χ0) is 38.0. The summed E-state index contributed by atoms with van der Waals surface area (Å²) < 4.78 is 38.5. The van der Waals surface area contributed by atoms with E-state index in [9.17, 15) is 37.2 Å². The molecule has 2 unspecified atom stereocenters. The van der Waals surface area contributed by atoms with Gasteiger partial charge in [0.2, 0.25) is 23.1 Å². The molecule has 52 heavy (non-hydrogen) atoms. The lowest BCUT2D eigenvalue weighted by Crippen LogP contribution is -2.78. The molecule has 278 valence electrons. The van der Waals surface area contributed by atoms with Crippen LogP contribution in [-0.4, -0.2) is 101 Å². The summed E-state index contributed by atoms with van der Waals surface area (Å²) in [5.74, 6) is -4.06. The van der Waals surface area contributed by atoms with E-state index in [1.165, 1.54) is 30.5 Å². The quantitative estimate of drug-likeness (QED) is 0.0885. The van der Waals surface area contributed by atoms with Gasteiger partial charge in [0.05, 0.1) is 0 Å². The number of carbonyl (C=O) groups excluding carboxylic acids is 6. The molecule has 4 saturated heterocycles. The summed E-state index contributed by atoms with van der Waals surface area (Å²) in [6.07, 6.45) is -0.947. The van der Waals surface area contributed by atoms with Crippen molar-refractivity contribution in [3.05, 3.63) is 71.8 Å². The van der Waals surface area contributed by atoms with Crippen LogP contribution in [0.1, 0.15) is 44.9 Å². The highest BCUT2D eigenvalue weighted by molar-refractivity contribution is 14.1. The molecule has 4 fully saturated rings. The van der Waals surface area contributed by atoms with E-state index in [0.717, 1.165) is 4.90 Å². The van der Waals surface area contributed by atoms with Gasteiger partial charge in [-0.05, 0) is 54.8 Å². The molecule has 0 aliphatic carbocycles. The Morgan fingerprint density at radius 3 is 2.10 bits per heavy atom. The zero-order valence-corrected chi connectivity index (χ0v) is 33.5. The first-order valence-corrected chi connectivity index (χ1v) is 20.4. The topological polar surface area (TPSA) is 195 Å². The average Bonchev–Trinajstić information content (AvgIpc) is 3.45. The lowest BCUT2D eigenvalue weighted by molar-refractivity contribution is -0.181. The molecule has 4 heterocycles. The fourth-order valence-electron chi connectivity index (χ4n) is 6.76. The number of amides is 4. The molecule has 2 aromatic rings. The van der Waals surface area contributed by atoms with Crippen LogP contribution in [0, 0.1) is 0 Å². The Labute approximate surface area is 325 Å². The molecule has 15 nitrogen and oxygen atoms in total. The smallest absolute Gasteiger partial charge is 0.408 e. The molecule has 0 spiro atoms. The van der Waals surface area contributed by atoms with Crippen LogP contribution in [0.2, 0.25) is 0 Å². The number of rotatable bonds is 10. The van der Waals surface area contributed by atoms with Gasteiger partial charge >= 0.3 is 18.0 Å². The maximum Gasteiger partial charge on any atom is 0.408 e. The van der Waals surface area contributed by atoms with Crippen LogP contribution in [0.4, 0.5) is 4.79 Å². The van der Waals surface area contributed by atoms with Crippen molar-refractivity contribution in [3.63, 3.8) is 0 Å². The zero-order valence-electron chi connectivity index (χ0n) is 28.1. The van der Waals surface area contributed by atoms with Gasteiger partial charge in [0.25, 0.3) is 5.91 Å². The minimum absolute atomic E-state index is 0.0903. The van der Waals surface area contributed by atoms with Gasteiger partial charge in [-0.15, -0.1) is 11.8 Å². The van der Waals surface area contributed by atoms with E-state index in [1.807, 2.05) is 22.6 Å². The third-order valence-electron chi connectivity index (χ3n) is 9.50. The molecule has 7 atom stereocenters. The SMILES string of the molecule is CC1(C)S[C@@H]2[C@H](I)C(=O)N2[C@H]1C(=O)OCOC(=O)[C@@H]1N2C(=O)C(Br)(NC(=O)C(NC(=O)OCc3ccccc3)c3ccccc3)[C@H]2S(=O)(=O)C1(C)C. The van der Waals surface area contributed by atoms with Crippen LogP contribution in [0.25, 0.3) is 0 Å². The fraction of sp³-hybridized carbons (Fsp3) is 0.455.